The molecule has 1 N–H and O–H groups in total. The van der Waals surface area contributed by atoms with Crippen LogP contribution in [0.25, 0.3) is 0 Å². The highest BCUT2D eigenvalue weighted by molar-refractivity contribution is 5.43. The van der Waals surface area contributed by atoms with E-state index in [-0.39, 0.29) is 0 Å². The molecule has 1 unspecified atom stereocenters. The van der Waals surface area contributed by atoms with Crippen LogP contribution in [0.4, 0.5) is 0 Å². The minimum absolute atomic E-state index is 0.452. The highest BCUT2D eigenvalue weighted by Crippen LogP contribution is 2.28. The van der Waals surface area contributed by atoms with Gasteiger partial charge in [0.15, 0.2) is 11.5 Å². The van der Waals surface area contributed by atoms with Crippen molar-refractivity contribution in [3.8, 4) is 11.5 Å². The minimum atomic E-state index is 0.452. The van der Waals surface area contributed by atoms with Gasteiger partial charge in [-0.2, -0.15) is 0 Å². The molecule has 0 aliphatic rings. The molecule has 1 atom stereocenters. The molecule has 0 spiro atoms. The Labute approximate surface area is 145 Å². The highest BCUT2D eigenvalue weighted by atomic mass is 16.5. The van der Waals surface area contributed by atoms with Gasteiger partial charge in [-0.15, -0.1) is 0 Å². The molecular formula is C21H27NO2. The molecule has 2 rings (SSSR count). The second-order valence-corrected chi connectivity index (χ2v) is 5.89. The normalized spacial score (nSPS) is 11.8. The number of hydrogen-bond donors (Lipinski definition) is 1. The van der Waals surface area contributed by atoms with Gasteiger partial charge < -0.3 is 14.8 Å². The smallest absolute Gasteiger partial charge is 0.161 e. The van der Waals surface area contributed by atoms with E-state index in [0.29, 0.717) is 12.6 Å². The number of nitrogens with one attached hydrogen (secondary N) is 1. The van der Waals surface area contributed by atoms with Crippen LogP contribution in [0.1, 0.15) is 24.5 Å². The molecule has 2 aromatic carbocycles. The number of ether oxygens (including phenoxy) is 2. The summed E-state index contributed by atoms with van der Waals surface area (Å²) in [6.45, 7) is 7.18. The van der Waals surface area contributed by atoms with Crippen LogP contribution in [0.15, 0.2) is 61.2 Å². The monoisotopic (exact) mass is 325 g/mol. The van der Waals surface area contributed by atoms with Crippen molar-refractivity contribution in [1.82, 2.24) is 5.32 Å². The molecule has 3 nitrogen and oxygen atoms in total. The molecule has 0 aromatic heterocycles. The van der Waals surface area contributed by atoms with Gasteiger partial charge in [0, 0.05) is 12.6 Å². The zero-order valence-corrected chi connectivity index (χ0v) is 14.6. The van der Waals surface area contributed by atoms with Gasteiger partial charge in [-0.25, -0.2) is 0 Å². The molecule has 0 aliphatic heterocycles. The molecule has 0 bridgehead atoms. The van der Waals surface area contributed by atoms with Crippen LogP contribution in [0.2, 0.25) is 0 Å². The van der Waals surface area contributed by atoms with E-state index >= 15 is 0 Å². The summed E-state index contributed by atoms with van der Waals surface area (Å²) in [5, 5.41) is 3.57. The Morgan fingerprint density at radius 3 is 2.58 bits per heavy atom. The zero-order chi connectivity index (χ0) is 17.2. The predicted molar refractivity (Wildman–Crippen MR) is 99.8 cm³/mol. The lowest BCUT2D eigenvalue weighted by Crippen LogP contribution is -2.26. The van der Waals surface area contributed by atoms with Gasteiger partial charge in [0.1, 0.15) is 6.61 Å². The van der Waals surface area contributed by atoms with Gasteiger partial charge in [0.25, 0.3) is 0 Å². The second kappa shape index (κ2) is 9.78. The number of hydrogen-bond acceptors (Lipinski definition) is 3. The van der Waals surface area contributed by atoms with Gasteiger partial charge in [0.2, 0.25) is 0 Å². The Morgan fingerprint density at radius 2 is 1.88 bits per heavy atom. The van der Waals surface area contributed by atoms with Crippen molar-refractivity contribution in [2.45, 2.75) is 32.4 Å². The lowest BCUT2D eigenvalue weighted by Gasteiger charge is -2.15. The first kappa shape index (κ1) is 18.1. The number of aryl methyl sites for hydroxylation is 1. The molecule has 24 heavy (non-hydrogen) atoms. The van der Waals surface area contributed by atoms with Crippen LogP contribution in [0.3, 0.4) is 0 Å². The topological polar surface area (TPSA) is 30.5 Å². The predicted octanol–water partition coefficient (Wildman–Crippen LogP) is 4.37. The molecule has 2 aromatic rings. The molecule has 3 heteroatoms. The van der Waals surface area contributed by atoms with Crippen LogP contribution < -0.4 is 14.8 Å². The molecule has 0 saturated carbocycles. The van der Waals surface area contributed by atoms with E-state index in [1.807, 2.05) is 12.1 Å². The Bertz CT molecular complexity index is 625. The largest absolute Gasteiger partial charge is 0.493 e. The van der Waals surface area contributed by atoms with Crippen LogP contribution >= 0.6 is 0 Å². The standard InChI is InChI=1S/C21H27NO2/c1-4-14-24-20-13-12-19(15-21(20)23-3)16-22-17(2)10-11-18-8-6-5-7-9-18/h4-9,12-13,15,17,22H,1,10-11,14,16H2,2-3H3. The van der Waals surface area contributed by atoms with Gasteiger partial charge in [0.05, 0.1) is 7.11 Å². The molecule has 0 aliphatic carbocycles. The van der Waals surface area contributed by atoms with Gasteiger partial charge in [-0.05, 0) is 43.0 Å². The first-order valence-electron chi connectivity index (χ1n) is 8.41. The molecule has 0 radical (unpaired) electrons. The summed E-state index contributed by atoms with van der Waals surface area (Å²) < 4.78 is 11.0. The fraction of sp³-hybridized carbons (Fsp3) is 0.333. The maximum Gasteiger partial charge on any atom is 0.161 e. The summed E-state index contributed by atoms with van der Waals surface area (Å²) >= 11 is 0. The summed E-state index contributed by atoms with van der Waals surface area (Å²) in [6, 6.07) is 17.1. The van der Waals surface area contributed by atoms with Crippen LogP contribution in [-0.4, -0.2) is 19.8 Å². The SMILES string of the molecule is C=CCOc1ccc(CNC(C)CCc2ccccc2)cc1OC. The highest BCUT2D eigenvalue weighted by Gasteiger charge is 2.07. The van der Waals surface area contributed by atoms with E-state index in [9.17, 15) is 0 Å². The summed E-state index contributed by atoms with van der Waals surface area (Å²) in [5.74, 6) is 1.51. The number of benzene rings is 2. The third-order valence-electron chi connectivity index (χ3n) is 3.95. The Hall–Kier alpha value is -2.26. The molecule has 128 valence electrons. The minimum Gasteiger partial charge on any atom is -0.493 e. The lowest BCUT2D eigenvalue weighted by molar-refractivity contribution is 0.326. The van der Waals surface area contributed by atoms with Crippen LogP contribution in [0.5, 0.6) is 11.5 Å². The lowest BCUT2D eigenvalue weighted by atomic mass is 10.1. The number of rotatable bonds is 10. The fourth-order valence-corrected chi connectivity index (χ4v) is 2.51. The van der Waals surface area contributed by atoms with Gasteiger partial charge in [-0.1, -0.05) is 49.1 Å². The van der Waals surface area contributed by atoms with E-state index in [0.717, 1.165) is 30.9 Å². The van der Waals surface area contributed by atoms with E-state index in [1.165, 1.54) is 11.1 Å². The first-order chi connectivity index (χ1) is 11.7. The second-order valence-electron chi connectivity index (χ2n) is 5.89. The van der Waals surface area contributed by atoms with E-state index in [2.05, 4.69) is 55.2 Å². The quantitative estimate of drug-likeness (QED) is 0.658. The summed E-state index contributed by atoms with van der Waals surface area (Å²) in [4.78, 5) is 0. The number of methoxy groups -OCH3 is 1. The first-order valence-corrected chi connectivity index (χ1v) is 8.41. The molecular weight excluding hydrogens is 298 g/mol. The molecule has 0 fully saturated rings. The van der Waals surface area contributed by atoms with E-state index in [4.69, 9.17) is 9.47 Å². The Morgan fingerprint density at radius 1 is 1.08 bits per heavy atom. The molecule has 0 heterocycles. The van der Waals surface area contributed by atoms with Crippen molar-refractivity contribution < 1.29 is 9.47 Å². The maximum atomic E-state index is 5.58. The Balaban J connectivity index is 1.83. The Kier molecular flexibility index (Phi) is 7.37. The van der Waals surface area contributed by atoms with Crippen molar-refractivity contribution >= 4 is 0 Å². The van der Waals surface area contributed by atoms with Gasteiger partial charge in [-0.3, -0.25) is 0 Å². The van der Waals surface area contributed by atoms with Crippen molar-refractivity contribution in [2.75, 3.05) is 13.7 Å². The average Bonchev–Trinajstić information content (AvgIpc) is 2.64. The van der Waals surface area contributed by atoms with Crippen molar-refractivity contribution in [3.05, 3.63) is 72.3 Å². The third-order valence-corrected chi connectivity index (χ3v) is 3.95. The van der Waals surface area contributed by atoms with Crippen molar-refractivity contribution in [3.63, 3.8) is 0 Å². The molecule has 0 amide bonds. The van der Waals surface area contributed by atoms with Crippen molar-refractivity contribution in [2.24, 2.45) is 0 Å². The zero-order valence-electron chi connectivity index (χ0n) is 14.6. The van der Waals surface area contributed by atoms with E-state index < -0.39 is 0 Å². The van der Waals surface area contributed by atoms with Crippen LogP contribution in [0, 0.1) is 0 Å². The third kappa shape index (κ3) is 5.74. The average molecular weight is 325 g/mol. The maximum absolute atomic E-state index is 5.58. The fourth-order valence-electron chi connectivity index (χ4n) is 2.51. The van der Waals surface area contributed by atoms with Crippen LogP contribution in [-0.2, 0) is 13.0 Å². The van der Waals surface area contributed by atoms with E-state index in [1.54, 1.807) is 13.2 Å². The summed E-state index contributed by atoms with van der Waals surface area (Å²) in [6.07, 6.45) is 3.93. The van der Waals surface area contributed by atoms with Crippen molar-refractivity contribution in [1.29, 1.82) is 0 Å². The molecule has 0 saturated heterocycles. The van der Waals surface area contributed by atoms with Gasteiger partial charge >= 0.3 is 0 Å². The summed E-state index contributed by atoms with van der Waals surface area (Å²) in [7, 11) is 1.66. The summed E-state index contributed by atoms with van der Waals surface area (Å²) in [5.41, 5.74) is 2.57.